The first-order chi connectivity index (χ1) is 13.0. The molecule has 2 amide bonds. The molecule has 5 nitrogen and oxygen atoms in total. The minimum atomic E-state index is -0.0876. The highest BCUT2D eigenvalue weighted by molar-refractivity contribution is 8.00. The molecule has 1 fully saturated rings. The maximum absolute atomic E-state index is 12.5. The van der Waals surface area contributed by atoms with Crippen molar-refractivity contribution in [2.24, 2.45) is 0 Å². The summed E-state index contributed by atoms with van der Waals surface area (Å²) < 4.78 is 0. The monoisotopic (exact) mass is 383 g/mol. The Hall–Kier alpha value is -2.47. The van der Waals surface area contributed by atoms with Crippen LogP contribution >= 0.6 is 11.8 Å². The molecule has 142 valence electrons. The highest BCUT2D eigenvalue weighted by Crippen LogP contribution is 2.22. The van der Waals surface area contributed by atoms with Gasteiger partial charge < -0.3 is 15.1 Å². The van der Waals surface area contributed by atoms with Gasteiger partial charge in [0.15, 0.2) is 0 Å². The Morgan fingerprint density at radius 1 is 1.04 bits per heavy atom. The first-order valence-corrected chi connectivity index (χ1v) is 10.1. The van der Waals surface area contributed by atoms with Crippen molar-refractivity contribution in [3.05, 3.63) is 54.1 Å². The first kappa shape index (κ1) is 19.3. The lowest BCUT2D eigenvalue weighted by atomic mass is 10.2. The summed E-state index contributed by atoms with van der Waals surface area (Å²) in [6.07, 6.45) is 0. The lowest BCUT2D eigenvalue weighted by Crippen LogP contribution is -2.49. The van der Waals surface area contributed by atoms with Gasteiger partial charge in [0.2, 0.25) is 11.8 Å². The number of thioether (sulfide) groups is 1. The molecule has 1 saturated heterocycles. The molecule has 2 aromatic carbocycles. The van der Waals surface area contributed by atoms with Gasteiger partial charge in [-0.25, -0.2) is 0 Å². The van der Waals surface area contributed by atoms with Gasteiger partial charge in [0.1, 0.15) is 0 Å². The van der Waals surface area contributed by atoms with Crippen molar-refractivity contribution < 1.29 is 9.59 Å². The lowest BCUT2D eigenvalue weighted by molar-refractivity contribution is -0.128. The van der Waals surface area contributed by atoms with Crippen LogP contribution in [-0.2, 0) is 9.59 Å². The number of hydrogen-bond acceptors (Lipinski definition) is 4. The Labute approximate surface area is 164 Å². The lowest BCUT2D eigenvalue weighted by Gasteiger charge is -2.36. The van der Waals surface area contributed by atoms with Crippen molar-refractivity contribution in [1.82, 2.24) is 4.90 Å². The summed E-state index contributed by atoms with van der Waals surface area (Å²) in [5.74, 6) is 0.523. The summed E-state index contributed by atoms with van der Waals surface area (Å²) in [6, 6.07) is 16.1. The van der Waals surface area contributed by atoms with Gasteiger partial charge in [0.25, 0.3) is 0 Å². The van der Waals surface area contributed by atoms with Crippen LogP contribution < -0.4 is 10.2 Å². The molecule has 0 radical (unpaired) electrons. The number of anilines is 2. The second-order valence-corrected chi connectivity index (χ2v) is 7.75. The fraction of sp³-hybridized carbons (Fsp3) is 0.333. The van der Waals surface area contributed by atoms with Crippen LogP contribution in [0, 0.1) is 6.92 Å². The molecular weight excluding hydrogens is 358 g/mol. The van der Waals surface area contributed by atoms with Gasteiger partial charge in [-0.05, 0) is 48.9 Å². The fourth-order valence-corrected chi connectivity index (χ4v) is 3.91. The van der Waals surface area contributed by atoms with Gasteiger partial charge in [0.05, 0.1) is 5.75 Å². The third-order valence-corrected chi connectivity index (χ3v) is 5.53. The van der Waals surface area contributed by atoms with Crippen LogP contribution in [0.1, 0.15) is 12.5 Å². The Bertz CT molecular complexity index is 799. The minimum Gasteiger partial charge on any atom is -0.368 e. The van der Waals surface area contributed by atoms with Gasteiger partial charge in [-0.1, -0.05) is 12.1 Å². The number of amides is 2. The predicted octanol–water partition coefficient (Wildman–Crippen LogP) is 3.39. The average Bonchev–Trinajstić information content (AvgIpc) is 2.67. The molecule has 6 heteroatoms. The summed E-state index contributed by atoms with van der Waals surface area (Å²) in [4.78, 5) is 28.9. The molecular formula is C21H25N3O2S. The molecule has 0 bridgehead atoms. The van der Waals surface area contributed by atoms with Crippen LogP contribution in [0.2, 0.25) is 0 Å². The van der Waals surface area contributed by atoms with Gasteiger partial charge in [0, 0.05) is 49.4 Å². The standard InChI is InChI=1S/C21H25N3O2S/c1-16-4-3-5-19(14-16)23-10-12-24(13-11-23)21(26)15-27-20-8-6-18(7-9-20)22-17(2)25/h3-9,14H,10-13,15H2,1-2H3,(H,22,25). The molecule has 27 heavy (non-hydrogen) atoms. The van der Waals surface area contributed by atoms with E-state index in [0.29, 0.717) is 5.75 Å². The van der Waals surface area contributed by atoms with Crippen LogP contribution in [-0.4, -0.2) is 48.6 Å². The van der Waals surface area contributed by atoms with E-state index in [1.54, 1.807) is 0 Å². The van der Waals surface area contributed by atoms with E-state index in [0.717, 1.165) is 36.8 Å². The smallest absolute Gasteiger partial charge is 0.233 e. The number of aryl methyl sites for hydroxylation is 1. The number of carbonyl (C=O) groups excluding carboxylic acids is 2. The first-order valence-electron chi connectivity index (χ1n) is 9.11. The van der Waals surface area contributed by atoms with Gasteiger partial charge >= 0.3 is 0 Å². The summed E-state index contributed by atoms with van der Waals surface area (Å²) in [5.41, 5.74) is 3.26. The number of nitrogens with zero attached hydrogens (tertiary/aromatic N) is 2. The van der Waals surface area contributed by atoms with Crippen molar-refractivity contribution in [3.8, 4) is 0 Å². The van der Waals surface area contributed by atoms with Crippen molar-refractivity contribution in [1.29, 1.82) is 0 Å². The molecule has 2 aromatic rings. The number of benzene rings is 2. The molecule has 1 aliphatic rings. The van der Waals surface area contributed by atoms with Crippen molar-refractivity contribution in [2.75, 3.05) is 42.1 Å². The van der Waals surface area contributed by atoms with Gasteiger partial charge in [-0.15, -0.1) is 11.8 Å². The molecule has 0 saturated carbocycles. The van der Waals surface area contributed by atoms with Gasteiger partial charge in [-0.3, -0.25) is 9.59 Å². The van der Waals surface area contributed by atoms with Crippen LogP contribution in [0.5, 0.6) is 0 Å². The van der Waals surface area contributed by atoms with Crippen LogP contribution in [0.4, 0.5) is 11.4 Å². The fourth-order valence-electron chi connectivity index (χ4n) is 3.11. The molecule has 1 aliphatic heterocycles. The van der Waals surface area contributed by atoms with Gasteiger partial charge in [-0.2, -0.15) is 0 Å². The third-order valence-electron chi connectivity index (χ3n) is 4.54. The molecule has 0 aliphatic carbocycles. The topological polar surface area (TPSA) is 52.7 Å². The predicted molar refractivity (Wildman–Crippen MR) is 111 cm³/mol. The summed E-state index contributed by atoms with van der Waals surface area (Å²) in [5, 5.41) is 2.74. The van der Waals surface area contributed by atoms with E-state index in [1.165, 1.54) is 29.9 Å². The average molecular weight is 384 g/mol. The normalized spacial score (nSPS) is 14.1. The second kappa shape index (κ2) is 8.95. The Balaban J connectivity index is 1.46. The van der Waals surface area contributed by atoms with E-state index in [4.69, 9.17) is 0 Å². The molecule has 0 atom stereocenters. The highest BCUT2D eigenvalue weighted by atomic mass is 32.2. The summed E-state index contributed by atoms with van der Waals surface area (Å²) >= 11 is 1.53. The van der Waals surface area contributed by atoms with E-state index < -0.39 is 0 Å². The van der Waals surface area contributed by atoms with Crippen molar-refractivity contribution in [3.63, 3.8) is 0 Å². The SMILES string of the molecule is CC(=O)Nc1ccc(SCC(=O)N2CCN(c3cccc(C)c3)CC2)cc1. The van der Waals surface area contributed by atoms with E-state index in [1.807, 2.05) is 29.2 Å². The zero-order chi connectivity index (χ0) is 19.2. The minimum absolute atomic E-state index is 0.0876. The molecule has 3 rings (SSSR count). The third kappa shape index (κ3) is 5.50. The zero-order valence-corrected chi connectivity index (χ0v) is 16.6. The molecule has 0 unspecified atom stereocenters. The second-order valence-electron chi connectivity index (χ2n) is 6.70. The molecule has 0 spiro atoms. The molecule has 1 heterocycles. The molecule has 0 aromatic heterocycles. The Morgan fingerprint density at radius 2 is 1.74 bits per heavy atom. The Morgan fingerprint density at radius 3 is 2.37 bits per heavy atom. The highest BCUT2D eigenvalue weighted by Gasteiger charge is 2.21. The van der Waals surface area contributed by atoms with E-state index >= 15 is 0 Å². The summed E-state index contributed by atoms with van der Waals surface area (Å²) in [6.45, 7) is 6.84. The maximum Gasteiger partial charge on any atom is 0.233 e. The Kier molecular flexibility index (Phi) is 6.40. The van der Waals surface area contributed by atoms with Crippen LogP contribution in [0.3, 0.4) is 0 Å². The number of hydrogen-bond donors (Lipinski definition) is 1. The number of nitrogens with one attached hydrogen (secondary N) is 1. The number of rotatable bonds is 5. The largest absolute Gasteiger partial charge is 0.368 e. The quantitative estimate of drug-likeness (QED) is 0.804. The molecule has 1 N–H and O–H groups in total. The van der Waals surface area contributed by atoms with Crippen molar-refractivity contribution in [2.45, 2.75) is 18.7 Å². The maximum atomic E-state index is 12.5. The van der Waals surface area contributed by atoms with Crippen LogP contribution in [0.25, 0.3) is 0 Å². The van der Waals surface area contributed by atoms with Crippen LogP contribution in [0.15, 0.2) is 53.4 Å². The summed E-state index contributed by atoms with van der Waals surface area (Å²) in [7, 11) is 0. The number of piperazine rings is 1. The van der Waals surface area contributed by atoms with E-state index in [2.05, 4.69) is 41.4 Å². The van der Waals surface area contributed by atoms with E-state index in [9.17, 15) is 9.59 Å². The van der Waals surface area contributed by atoms with Crippen molar-refractivity contribution >= 4 is 35.0 Å². The number of carbonyl (C=O) groups is 2. The van der Waals surface area contributed by atoms with E-state index in [-0.39, 0.29) is 11.8 Å². The zero-order valence-electron chi connectivity index (χ0n) is 15.8.